The summed E-state index contributed by atoms with van der Waals surface area (Å²) in [6.45, 7) is 0. The van der Waals surface area contributed by atoms with Crippen molar-refractivity contribution >= 4 is 54.6 Å². The third-order valence-corrected chi connectivity index (χ3v) is 12.9. The maximum Gasteiger partial charge on any atom is 0.145 e. The highest BCUT2D eigenvalue weighted by molar-refractivity contribution is 6.12. The standard InChI is InChI=1S/C59H38N6/c1-2-11-39(12-3-1)40-21-25-46(26-22-40)63-54-18-7-4-15-49(54)51-34-42(23-31-56(51)63)43-24-32-57-52(35-43)50-16-5-8-19-55(50)64(57)47-27-29-48(30-28-47)65-58-20-9-6-17-53(58)62-59(65)44-14-10-13-41(33-44)45-36-60-38-61-37-45/h1-38H. The lowest BCUT2D eigenvalue weighted by Gasteiger charge is -2.13. The zero-order chi connectivity index (χ0) is 42.8. The molecule has 304 valence electrons. The molecule has 0 atom stereocenters. The first-order chi connectivity index (χ1) is 32.2. The highest BCUT2D eigenvalue weighted by Crippen LogP contribution is 2.39. The van der Waals surface area contributed by atoms with Crippen LogP contribution in [-0.4, -0.2) is 28.7 Å². The molecule has 0 N–H and O–H groups in total. The molecule has 9 aromatic carbocycles. The van der Waals surface area contributed by atoms with Crippen molar-refractivity contribution in [1.82, 2.24) is 28.7 Å². The van der Waals surface area contributed by atoms with Crippen LogP contribution < -0.4 is 0 Å². The minimum Gasteiger partial charge on any atom is -0.309 e. The van der Waals surface area contributed by atoms with E-state index in [0.29, 0.717) is 0 Å². The third kappa shape index (κ3) is 6.07. The average Bonchev–Trinajstić information content (AvgIpc) is 4.05. The van der Waals surface area contributed by atoms with Gasteiger partial charge in [-0.1, -0.05) is 121 Å². The summed E-state index contributed by atoms with van der Waals surface area (Å²) in [5.41, 5.74) is 17.8. The molecule has 0 fully saturated rings. The Bertz CT molecular complexity index is 3920. The van der Waals surface area contributed by atoms with Crippen LogP contribution in [0.25, 0.3) is 116 Å². The fourth-order valence-corrected chi connectivity index (χ4v) is 9.81. The molecule has 13 rings (SSSR count). The molecule has 0 spiro atoms. The predicted molar refractivity (Wildman–Crippen MR) is 267 cm³/mol. The zero-order valence-corrected chi connectivity index (χ0v) is 35.1. The Labute approximate surface area is 374 Å². The summed E-state index contributed by atoms with van der Waals surface area (Å²) in [7, 11) is 0. The Morgan fingerprint density at radius 1 is 0.277 bits per heavy atom. The van der Waals surface area contributed by atoms with Gasteiger partial charge >= 0.3 is 0 Å². The third-order valence-electron chi connectivity index (χ3n) is 12.9. The molecular weight excluding hydrogens is 793 g/mol. The first-order valence-corrected chi connectivity index (χ1v) is 21.9. The Kier molecular flexibility index (Phi) is 8.42. The van der Waals surface area contributed by atoms with E-state index in [4.69, 9.17) is 4.98 Å². The van der Waals surface area contributed by atoms with Crippen LogP contribution in [0.15, 0.2) is 231 Å². The van der Waals surface area contributed by atoms with Gasteiger partial charge in [-0.25, -0.2) is 15.0 Å². The van der Waals surface area contributed by atoms with Crippen molar-refractivity contribution in [1.29, 1.82) is 0 Å². The molecule has 0 saturated heterocycles. The van der Waals surface area contributed by atoms with E-state index in [1.165, 1.54) is 60.3 Å². The van der Waals surface area contributed by atoms with E-state index >= 15 is 0 Å². The molecule has 0 radical (unpaired) electrons. The van der Waals surface area contributed by atoms with E-state index in [0.717, 1.165) is 56.1 Å². The van der Waals surface area contributed by atoms with Gasteiger partial charge < -0.3 is 9.13 Å². The van der Waals surface area contributed by atoms with Gasteiger partial charge in [-0.15, -0.1) is 0 Å². The molecule has 0 saturated carbocycles. The molecule has 6 nitrogen and oxygen atoms in total. The molecule has 6 heteroatoms. The van der Waals surface area contributed by atoms with E-state index in [1.54, 1.807) is 6.33 Å². The van der Waals surface area contributed by atoms with Crippen molar-refractivity contribution in [2.75, 3.05) is 0 Å². The van der Waals surface area contributed by atoms with Gasteiger partial charge in [0.05, 0.1) is 33.1 Å². The molecule has 0 aliphatic heterocycles. The molecule has 0 aliphatic carbocycles. The van der Waals surface area contributed by atoms with Crippen molar-refractivity contribution < 1.29 is 0 Å². The van der Waals surface area contributed by atoms with Gasteiger partial charge in [-0.2, -0.15) is 0 Å². The topological polar surface area (TPSA) is 53.5 Å². The smallest absolute Gasteiger partial charge is 0.145 e. The van der Waals surface area contributed by atoms with E-state index in [2.05, 4.69) is 230 Å². The van der Waals surface area contributed by atoms with Crippen LogP contribution >= 0.6 is 0 Å². The van der Waals surface area contributed by atoms with E-state index in [-0.39, 0.29) is 0 Å². The molecule has 65 heavy (non-hydrogen) atoms. The van der Waals surface area contributed by atoms with E-state index in [1.807, 2.05) is 18.5 Å². The summed E-state index contributed by atoms with van der Waals surface area (Å²) in [5, 5.41) is 4.91. The van der Waals surface area contributed by atoms with Crippen LogP contribution in [0, 0.1) is 0 Å². The molecule has 0 aliphatic rings. The lowest BCUT2D eigenvalue weighted by Crippen LogP contribution is -1.99. The second-order valence-corrected chi connectivity index (χ2v) is 16.6. The van der Waals surface area contributed by atoms with Crippen molar-refractivity contribution in [3.05, 3.63) is 231 Å². The first kappa shape index (κ1) is 36.8. The molecule has 0 amide bonds. The lowest BCUT2D eigenvalue weighted by atomic mass is 10.0. The monoisotopic (exact) mass is 830 g/mol. The second-order valence-electron chi connectivity index (χ2n) is 16.6. The van der Waals surface area contributed by atoms with Gasteiger partial charge in [0, 0.05) is 62.1 Å². The molecule has 4 heterocycles. The van der Waals surface area contributed by atoms with Gasteiger partial charge in [0.15, 0.2) is 0 Å². The maximum atomic E-state index is 5.17. The van der Waals surface area contributed by atoms with Gasteiger partial charge in [0.1, 0.15) is 12.2 Å². The average molecular weight is 831 g/mol. The minimum absolute atomic E-state index is 0.877. The number of rotatable bonds is 7. The second kappa shape index (κ2) is 14.9. The summed E-state index contributed by atoms with van der Waals surface area (Å²) in [6.07, 6.45) is 5.24. The lowest BCUT2D eigenvalue weighted by molar-refractivity contribution is 1.09. The van der Waals surface area contributed by atoms with Crippen molar-refractivity contribution in [2.45, 2.75) is 0 Å². The molecular formula is C59H38N6. The first-order valence-electron chi connectivity index (χ1n) is 21.9. The van der Waals surface area contributed by atoms with Crippen LogP contribution in [0.2, 0.25) is 0 Å². The van der Waals surface area contributed by atoms with Gasteiger partial charge in [0.2, 0.25) is 0 Å². The fourth-order valence-electron chi connectivity index (χ4n) is 9.81. The van der Waals surface area contributed by atoms with E-state index < -0.39 is 0 Å². The van der Waals surface area contributed by atoms with Crippen LogP contribution in [0.5, 0.6) is 0 Å². The Balaban J connectivity index is 0.888. The zero-order valence-electron chi connectivity index (χ0n) is 35.1. The number of aromatic nitrogens is 6. The molecule has 4 aromatic heterocycles. The number of benzene rings is 9. The number of imidazole rings is 1. The quantitative estimate of drug-likeness (QED) is 0.161. The number of para-hydroxylation sites is 4. The van der Waals surface area contributed by atoms with Gasteiger partial charge in [-0.05, 0) is 119 Å². The van der Waals surface area contributed by atoms with Gasteiger partial charge in [-0.3, -0.25) is 4.57 Å². The van der Waals surface area contributed by atoms with Crippen LogP contribution in [0.3, 0.4) is 0 Å². The summed E-state index contributed by atoms with van der Waals surface area (Å²) in [5.74, 6) is 0.877. The Morgan fingerprint density at radius 3 is 1.35 bits per heavy atom. The predicted octanol–water partition coefficient (Wildman–Crippen LogP) is 14.7. The van der Waals surface area contributed by atoms with Crippen molar-refractivity contribution in [3.8, 4) is 61.8 Å². The number of nitrogens with zero attached hydrogens (tertiary/aromatic N) is 6. The molecule has 0 bridgehead atoms. The summed E-state index contributed by atoms with van der Waals surface area (Å²) in [6, 6.07) is 76.5. The van der Waals surface area contributed by atoms with Crippen molar-refractivity contribution in [2.24, 2.45) is 0 Å². The van der Waals surface area contributed by atoms with Crippen LogP contribution in [0.4, 0.5) is 0 Å². The van der Waals surface area contributed by atoms with Crippen molar-refractivity contribution in [3.63, 3.8) is 0 Å². The normalized spacial score (nSPS) is 11.7. The SMILES string of the molecule is c1ccc(-c2ccc(-n3c4ccccc4c4cc(-c5ccc6c(c5)c5ccccc5n6-c5ccc(-n6c(-c7cccc(-c8cncnc8)c7)nc7ccccc76)cc5)ccc43)cc2)cc1. The summed E-state index contributed by atoms with van der Waals surface area (Å²) >= 11 is 0. The summed E-state index contributed by atoms with van der Waals surface area (Å²) < 4.78 is 7.03. The maximum absolute atomic E-state index is 5.17. The summed E-state index contributed by atoms with van der Waals surface area (Å²) in [4.78, 5) is 13.7. The Morgan fingerprint density at radius 2 is 0.723 bits per heavy atom. The van der Waals surface area contributed by atoms with Crippen LogP contribution in [-0.2, 0) is 0 Å². The van der Waals surface area contributed by atoms with E-state index in [9.17, 15) is 0 Å². The van der Waals surface area contributed by atoms with Crippen LogP contribution in [0.1, 0.15) is 0 Å². The number of fused-ring (bicyclic) bond motifs is 7. The number of hydrogen-bond donors (Lipinski definition) is 0. The Hall–Kier alpha value is -8.87. The minimum atomic E-state index is 0.877. The largest absolute Gasteiger partial charge is 0.309 e. The highest BCUT2D eigenvalue weighted by atomic mass is 15.1. The molecule has 13 aromatic rings. The molecule has 0 unspecified atom stereocenters. The highest BCUT2D eigenvalue weighted by Gasteiger charge is 2.19. The van der Waals surface area contributed by atoms with Gasteiger partial charge in [0.25, 0.3) is 0 Å². The number of hydrogen-bond acceptors (Lipinski definition) is 3. The fraction of sp³-hybridized carbons (Fsp3) is 0.